The van der Waals surface area contributed by atoms with Gasteiger partial charge in [-0.25, -0.2) is 10.8 Å². The molecular formula is C14H18N4O2. The number of hydrogen-bond acceptors (Lipinski definition) is 4. The monoisotopic (exact) mass is 274 g/mol. The number of imidazole rings is 1. The molecular weight excluding hydrogens is 256 g/mol. The minimum Gasteiger partial charge on any atom is -0.492 e. The number of benzene rings is 1. The lowest BCUT2D eigenvalue weighted by Crippen LogP contribution is -2.29. The third-order valence-corrected chi connectivity index (χ3v) is 3.17. The lowest BCUT2D eigenvalue weighted by molar-refractivity contribution is 0.0953. The van der Waals surface area contributed by atoms with Crippen molar-refractivity contribution in [2.45, 2.75) is 20.4 Å². The van der Waals surface area contributed by atoms with E-state index in [-0.39, 0.29) is 5.91 Å². The van der Waals surface area contributed by atoms with Crippen molar-refractivity contribution in [1.29, 1.82) is 0 Å². The number of nitrogen functional groups attached to an aromatic ring is 1. The van der Waals surface area contributed by atoms with E-state index in [4.69, 9.17) is 10.6 Å². The minimum absolute atomic E-state index is 0.337. The number of aromatic nitrogens is 2. The number of carbonyl (C=O) groups excluding carboxylic acids is 1. The van der Waals surface area contributed by atoms with Gasteiger partial charge in [0.05, 0.1) is 18.6 Å². The first-order valence-corrected chi connectivity index (χ1v) is 6.34. The van der Waals surface area contributed by atoms with Gasteiger partial charge in [-0.05, 0) is 32.0 Å². The van der Waals surface area contributed by atoms with Crippen LogP contribution in [0.25, 0.3) is 0 Å². The topological polar surface area (TPSA) is 82.2 Å². The van der Waals surface area contributed by atoms with E-state index in [1.807, 2.05) is 18.4 Å². The van der Waals surface area contributed by atoms with Crippen LogP contribution in [-0.4, -0.2) is 22.1 Å². The number of nitrogens with zero attached hydrogens (tertiary/aromatic N) is 2. The molecule has 6 heteroatoms. The quantitative estimate of drug-likeness (QED) is 0.487. The summed E-state index contributed by atoms with van der Waals surface area (Å²) in [6.45, 7) is 5.21. The minimum atomic E-state index is -0.337. The molecule has 1 heterocycles. The van der Waals surface area contributed by atoms with E-state index < -0.39 is 0 Å². The molecule has 20 heavy (non-hydrogen) atoms. The van der Waals surface area contributed by atoms with Crippen molar-refractivity contribution in [2.24, 2.45) is 5.84 Å². The smallest absolute Gasteiger partial charge is 0.265 e. The number of rotatable bonds is 5. The summed E-state index contributed by atoms with van der Waals surface area (Å²) < 4.78 is 7.67. The Morgan fingerprint density at radius 3 is 2.90 bits per heavy atom. The largest absolute Gasteiger partial charge is 0.492 e. The summed E-state index contributed by atoms with van der Waals surface area (Å²) in [7, 11) is 0. The summed E-state index contributed by atoms with van der Waals surface area (Å²) in [5, 5.41) is 0. The highest BCUT2D eigenvalue weighted by atomic mass is 16.5. The fourth-order valence-electron chi connectivity index (χ4n) is 1.84. The average Bonchev–Trinajstić information content (AvgIpc) is 2.79. The standard InChI is InChI=1S/C14H18N4O2/c1-10-11(2)18(9-16-10)6-7-20-13-5-3-4-12(8-13)14(19)17-15/h3-5,8-9H,6-7,15H2,1-2H3,(H,17,19). The van der Waals surface area contributed by atoms with Crippen LogP contribution in [0, 0.1) is 13.8 Å². The Morgan fingerprint density at radius 2 is 2.25 bits per heavy atom. The van der Waals surface area contributed by atoms with E-state index in [0.717, 1.165) is 11.4 Å². The lowest BCUT2D eigenvalue weighted by Gasteiger charge is -2.09. The highest BCUT2D eigenvalue weighted by Crippen LogP contribution is 2.13. The van der Waals surface area contributed by atoms with Crippen molar-refractivity contribution in [1.82, 2.24) is 15.0 Å². The SMILES string of the molecule is Cc1ncn(CCOc2cccc(C(=O)NN)c2)c1C. The fraction of sp³-hybridized carbons (Fsp3) is 0.286. The van der Waals surface area contributed by atoms with E-state index in [1.165, 1.54) is 0 Å². The summed E-state index contributed by atoms with van der Waals surface area (Å²) in [4.78, 5) is 15.6. The number of ether oxygens (including phenoxy) is 1. The molecule has 0 fully saturated rings. The molecule has 0 unspecified atom stereocenters. The van der Waals surface area contributed by atoms with Crippen LogP contribution >= 0.6 is 0 Å². The average molecular weight is 274 g/mol. The Kier molecular flexibility index (Phi) is 4.37. The molecule has 1 amide bonds. The number of nitrogens with two attached hydrogens (primary N) is 1. The number of carbonyl (C=O) groups is 1. The maximum atomic E-state index is 11.4. The van der Waals surface area contributed by atoms with Gasteiger partial charge in [0, 0.05) is 11.3 Å². The van der Waals surface area contributed by atoms with E-state index in [0.29, 0.717) is 24.5 Å². The molecule has 1 aromatic carbocycles. The van der Waals surface area contributed by atoms with Gasteiger partial charge in [-0.15, -0.1) is 0 Å². The van der Waals surface area contributed by atoms with Crippen LogP contribution in [0.1, 0.15) is 21.7 Å². The lowest BCUT2D eigenvalue weighted by atomic mass is 10.2. The van der Waals surface area contributed by atoms with Gasteiger partial charge in [-0.1, -0.05) is 6.07 Å². The Hall–Kier alpha value is -2.34. The zero-order chi connectivity index (χ0) is 14.5. The molecule has 0 atom stereocenters. The molecule has 2 rings (SSSR count). The van der Waals surface area contributed by atoms with Gasteiger partial charge in [-0.3, -0.25) is 10.2 Å². The predicted octanol–water partition coefficient (Wildman–Crippen LogP) is 1.18. The second-order valence-electron chi connectivity index (χ2n) is 4.46. The van der Waals surface area contributed by atoms with Crippen LogP contribution in [0.2, 0.25) is 0 Å². The molecule has 0 radical (unpaired) electrons. The van der Waals surface area contributed by atoms with Crippen molar-refractivity contribution < 1.29 is 9.53 Å². The molecule has 0 bridgehead atoms. The Morgan fingerprint density at radius 1 is 1.45 bits per heavy atom. The van der Waals surface area contributed by atoms with Gasteiger partial charge in [0.15, 0.2) is 0 Å². The second-order valence-corrected chi connectivity index (χ2v) is 4.46. The summed E-state index contributed by atoms with van der Waals surface area (Å²) in [5.41, 5.74) is 4.72. The van der Waals surface area contributed by atoms with E-state index in [1.54, 1.807) is 30.6 Å². The van der Waals surface area contributed by atoms with E-state index in [2.05, 4.69) is 10.4 Å². The van der Waals surface area contributed by atoms with Crippen LogP contribution in [0.3, 0.4) is 0 Å². The van der Waals surface area contributed by atoms with Crippen molar-refractivity contribution >= 4 is 5.91 Å². The zero-order valence-electron chi connectivity index (χ0n) is 11.6. The van der Waals surface area contributed by atoms with Crippen molar-refractivity contribution in [2.75, 3.05) is 6.61 Å². The van der Waals surface area contributed by atoms with Gasteiger partial charge >= 0.3 is 0 Å². The van der Waals surface area contributed by atoms with Gasteiger partial charge < -0.3 is 9.30 Å². The maximum absolute atomic E-state index is 11.4. The fourth-order valence-corrected chi connectivity index (χ4v) is 1.84. The predicted molar refractivity (Wildman–Crippen MR) is 75.3 cm³/mol. The third kappa shape index (κ3) is 3.16. The maximum Gasteiger partial charge on any atom is 0.265 e. The van der Waals surface area contributed by atoms with Crippen LogP contribution in [-0.2, 0) is 6.54 Å². The molecule has 0 aliphatic rings. The first kappa shape index (κ1) is 14.1. The summed E-state index contributed by atoms with van der Waals surface area (Å²) in [6, 6.07) is 6.90. The normalized spacial score (nSPS) is 10.3. The molecule has 2 aromatic rings. The molecule has 6 nitrogen and oxygen atoms in total. The van der Waals surface area contributed by atoms with Crippen LogP contribution in [0.5, 0.6) is 5.75 Å². The molecule has 0 saturated heterocycles. The van der Waals surface area contributed by atoms with Crippen molar-refractivity contribution in [3.05, 3.63) is 47.5 Å². The number of nitrogens with one attached hydrogen (secondary N) is 1. The summed E-state index contributed by atoms with van der Waals surface area (Å²) in [5.74, 6) is 5.40. The Bertz CT molecular complexity index is 607. The molecule has 0 aliphatic heterocycles. The van der Waals surface area contributed by atoms with Crippen LogP contribution in [0.15, 0.2) is 30.6 Å². The second kappa shape index (κ2) is 6.21. The molecule has 0 aliphatic carbocycles. The van der Waals surface area contributed by atoms with Gasteiger partial charge in [0.2, 0.25) is 0 Å². The molecule has 106 valence electrons. The van der Waals surface area contributed by atoms with Gasteiger partial charge in [0.1, 0.15) is 12.4 Å². The highest BCUT2D eigenvalue weighted by Gasteiger charge is 2.05. The number of hydrazine groups is 1. The summed E-state index contributed by atoms with van der Waals surface area (Å²) >= 11 is 0. The van der Waals surface area contributed by atoms with Gasteiger partial charge in [0.25, 0.3) is 5.91 Å². The highest BCUT2D eigenvalue weighted by molar-refractivity contribution is 5.94. The molecule has 0 saturated carbocycles. The number of amides is 1. The van der Waals surface area contributed by atoms with Crippen LogP contribution in [0.4, 0.5) is 0 Å². The number of aryl methyl sites for hydroxylation is 1. The zero-order valence-corrected chi connectivity index (χ0v) is 11.6. The molecule has 3 N–H and O–H groups in total. The van der Waals surface area contributed by atoms with E-state index >= 15 is 0 Å². The van der Waals surface area contributed by atoms with Crippen molar-refractivity contribution in [3.8, 4) is 5.75 Å². The third-order valence-electron chi connectivity index (χ3n) is 3.17. The summed E-state index contributed by atoms with van der Waals surface area (Å²) in [6.07, 6.45) is 1.80. The molecule has 1 aromatic heterocycles. The molecule has 0 spiro atoms. The van der Waals surface area contributed by atoms with Gasteiger partial charge in [-0.2, -0.15) is 0 Å². The Labute approximate surface area is 117 Å². The van der Waals surface area contributed by atoms with E-state index in [9.17, 15) is 4.79 Å². The number of hydrogen-bond donors (Lipinski definition) is 2. The first-order valence-electron chi connectivity index (χ1n) is 6.34. The van der Waals surface area contributed by atoms with Crippen molar-refractivity contribution in [3.63, 3.8) is 0 Å². The van der Waals surface area contributed by atoms with Crippen LogP contribution < -0.4 is 16.0 Å². The Balaban J connectivity index is 1.94. The first-order chi connectivity index (χ1) is 9.61.